The second-order valence-electron chi connectivity index (χ2n) is 4.49. The van der Waals surface area contributed by atoms with E-state index in [0.717, 1.165) is 28.2 Å². The van der Waals surface area contributed by atoms with Crippen molar-refractivity contribution in [2.24, 2.45) is 0 Å². The Bertz CT molecular complexity index is 744. The van der Waals surface area contributed by atoms with Gasteiger partial charge in [-0.1, -0.05) is 18.2 Å². The number of fused-ring (bicyclic) bond motifs is 1. The van der Waals surface area contributed by atoms with E-state index in [1.54, 1.807) is 7.11 Å². The Morgan fingerprint density at radius 2 is 1.95 bits per heavy atom. The smallest absolute Gasteiger partial charge is 0.231 e. The van der Waals surface area contributed by atoms with Crippen LogP contribution in [0.25, 0.3) is 5.57 Å². The van der Waals surface area contributed by atoms with Crippen molar-refractivity contribution >= 4 is 5.57 Å². The Balaban J connectivity index is 2.06. The number of methoxy groups -OCH3 is 1. The number of allylic oxidation sites excluding steroid dienone is 1. The lowest BCUT2D eigenvalue weighted by Gasteiger charge is -2.09. The van der Waals surface area contributed by atoms with Gasteiger partial charge < -0.3 is 14.2 Å². The lowest BCUT2D eigenvalue weighted by atomic mass is 9.97. The zero-order valence-electron chi connectivity index (χ0n) is 11.5. The fraction of sp³-hybridized carbons (Fsp3) is 0.118. The van der Waals surface area contributed by atoms with Crippen molar-refractivity contribution in [1.29, 1.82) is 5.26 Å². The van der Waals surface area contributed by atoms with Crippen LogP contribution in [0.15, 0.2) is 48.5 Å². The van der Waals surface area contributed by atoms with Gasteiger partial charge in [0, 0.05) is 6.08 Å². The molecule has 0 spiro atoms. The summed E-state index contributed by atoms with van der Waals surface area (Å²) in [5.41, 5.74) is 2.62. The topological polar surface area (TPSA) is 51.5 Å². The van der Waals surface area contributed by atoms with E-state index in [0.29, 0.717) is 5.75 Å². The van der Waals surface area contributed by atoms with E-state index >= 15 is 0 Å². The van der Waals surface area contributed by atoms with Crippen LogP contribution < -0.4 is 14.2 Å². The van der Waals surface area contributed by atoms with E-state index in [2.05, 4.69) is 6.07 Å². The highest BCUT2D eigenvalue weighted by Crippen LogP contribution is 2.36. The van der Waals surface area contributed by atoms with Crippen LogP contribution in [0.2, 0.25) is 0 Å². The van der Waals surface area contributed by atoms with E-state index in [-0.39, 0.29) is 6.79 Å². The van der Waals surface area contributed by atoms with Crippen LogP contribution in [0, 0.1) is 11.3 Å². The van der Waals surface area contributed by atoms with Gasteiger partial charge in [-0.25, -0.2) is 0 Å². The molecular weight excluding hydrogens is 266 g/mol. The quantitative estimate of drug-likeness (QED) is 0.808. The number of hydrogen-bond acceptors (Lipinski definition) is 4. The molecule has 0 saturated carbocycles. The van der Waals surface area contributed by atoms with Crippen LogP contribution in [0.5, 0.6) is 17.2 Å². The SMILES string of the molecule is COc1cccc(/C(=C/C#N)c2ccc3c(c2)OCO3)c1. The molecular formula is C17H13NO3. The van der Waals surface area contributed by atoms with Crippen molar-refractivity contribution < 1.29 is 14.2 Å². The first-order valence-electron chi connectivity index (χ1n) is 6.46. The Morgan fingerprint density at radius 1 is 1.14 bits per heavy atom. The molecule has 2 aromatic rings. The lowest BCUT2D eigenvalue weighted by molar-refractivity contribution is 0.174. The molecule has 0 amide bonds. The predicted molar refractivity (Wildman–Crippen MR) is 78.3 cm³/mol. The minimum absolute atomic E-state index is 0.231. The van der Waals surface area contributed by atoms with Crippen molar-refractivity contribution in [2.45, 2.75) is 0 Å². The predicted octanol–water partition coefficient (Wildman–Crippen LogP) is 3.38. The summed E-state index contributed by atoms with van der Waals surface area (Å²) >= 11 is 0. The van der Waals surface area contributed by atoms with Crippen LogP contribution in [-0.2, 0) is 0 Å². The average molecular weight is 279 g/mol. The summed E-state index contributed by atoms with van der Waals surface area (Å²) in [6.45, 7) is 0.231. The van der Waals surface area contributed by atoms with Gasteiger partial charge in [-0.2, -0.15) is 5.26 Å². The lowest BCUT2D eigenvalue weighted by Crippen LogP contribution is -1.93. The highest BCUT2D eigenvalue weighted by atomic mass is 16.7. The Hall–Kier alpha value is -2.93. The molecule has 0 aromatic heterocycles. The summed E-state index contributed by atoms with van der Waals surface area (Å²) in [6.07, 6.45) is 1.52. The monoisotopic (exact) mass is 279 g/mol. The second kappa shape index (κ2) is 5.59. The van der Waals surface area contributed by atoms with Crippen LogP contribution in [0.4, 0.5) is 0 Å². The summed E-state index contributed by atoms with van der Waals surface area (Å²) in [5.74, 6) is 2.16. The summed E-state index contributed by atoms with van der Waals surface area (Å²) in [5, 5.41) is 9.07. The van der Waals surface area contributed by atoms with Crippen LogP contribution in [0.1, 0.15) is 11.1 Å². The van der Waals surface area contributed by atoms with E-state index in [9.17, 15) is 0 Å². The molecule has 0 unspecified atom stereocenters. The molecule has 1 heterocycles. The zero-order valence-corrected chi connectivity index (χ0v) is 11.5. The third-order valence-electron chi connectivity index (χ3n) is 3.27. The molecule has 104 valence electrons. The van der Waals surface area contributed by atoms with Gasteiger partial charge >= 0.3 is 0 Å². The third-order valence-corrected chi connectivity index (χ3v) is 3.27. The van der Waals surface area contributed by atoms with Gasteiger partial charge in [-0.3, -0.25) is 0 Å². The molecule has 0 radical (unpaired) electrons. The van der Waals surface area contributed by atoms with Crippen LogP contribution in [0.3, 0.4) is 0 Å². The van der Waals surface area contributed by atoms with E-state index in [1.807, 2.05) is 42.5 Å². The number of rotatable bonds is 3. The van der Waals surface area contributed by atoms with Gasteiger partial charge in [0.1, 0.15) is 5.75 Å². The van der Waals surface area contributed by atoms with E-state index < -0.39 is 0 Å². The van der Waals surface area contributed by atoms with E-state index in [1.165, 1.54) is 6.08 Å². The van der Waals surface area contributed by atoms with Gasteiger partial charge in [0.25, 0.3) is 0 Å². The van der Waals surface area contributed by atoms with Gasteiger partial charge in [-0.15, -0.1) is 0 Å². The average Bonchev–Trinajstić information content (AvgIpc) is 3.00. The molecule has 0 saturated heterocycles. The minimum atomic E-state index is 0.231. The van der Waals surface area contributed by atoms with Crippen molar-refractivity contribution in [2.75, 3.05) is 13.9 Å². The third kappa shape index (κ3) is 2.54. The summed E-state index contributed by atoms with van der Waals surface area (Å²) in [7, 11) is 1.62. The molecule has 0 aliphatic carbocycles. The normalized spacial score (nSPS) is 12.9. The van der Waals surface area contributed by atoms with Gasteiger partial charge in [0.15, 0.2) is 11.5 Å². The van der Waals surface area contributed by atoms with Crippen LogP contribution in [-0.4, -0.2) is 13.9 Å². The molecule has 1 aliphatic rings. The maximum atomic E-state index is 9.07. The molecule has 1 aliphatic heterocycles. The number of hydrogen-bond donors (Lipinski definition) is 0. The molecule has 0 N–H and O–H groups in total. The molecule has 0 atom stereocenters. The van der Waals surface area contributed by atoms with Gasteiger partial charge in [0.2, 0.25) is 6.79 Å². The standard InChI is InChI=1S/C17H13NO3/c1-19-14-4-2-3-12(9-14)15(7-8-18)13-5-6-16-17(10-13)21-11-20-16/h2-7,9-10H,11H2,1H3/b15-7-. The first-order valence-corrected chi connectivity index (χ1v) is 6.46. The fourth-order valence-electron chi connectivity index (χ4n) is 2.25. The first kappa shape index (κ1) is 13.1. The molecule has 2 aromatic carbocycles. The first-order chi connectivity index (χ1) is 10.3. The van der Waals surface area contributed by atoms with Gasteiger partial charge in [-0.05, 0) is 41.0 Å². The van der Waals surface area contributed by atoms with Gasteiger partial charge in [0.05, 0.1) is 13.2 Å². The fourth-order valence-corrected chi connectivity index (χ4v) is 2.25. The number of ether oxygens (including phenoxy) is 3. The molecule has 0 bridgehead atoms. The molecule has 4 heteroatoms. The maximum absolute atomic E-state index is 9.07. The largest absolute Gasteiger partial charge is 0.497 e. The zero-order chi connectivity index (χ0) is 14.7. The summed E-state index contributed by atoms with van der Waals surface area (Å²) in [4.78, 5) is 0. The molecule has 0 fully saturated rings. The summed E-state index contributed by atoms with van der Waals surface area (Å²) in [6, 6.07) is 15.3. The highest BCUT2D eigenvalue weighted by molar-refractivity contribution is 5.82. The highest BCUT2D eigenvalue weighted by Gasteiger charge is 2.15. The molecule has 3 rings (SSSR count). The van der Waals surface area contributed by atoms with Crippen LogP contribution >= 0.6 is 0 Å². The van der Waals surface area contributed by atoms with Crippen molar-refractivity contribution in [3.8, 4) is 23.3 Å². The Labute approximate surface area is 122 Å². The molecule has 21 heavy (non-hydrogen) atoms. The minimum Gasteiger partial charge on any atom is -0.497 e. The number of nitriles is 1. The number of nitrogens with zero attached hydrogens (tertiary/aromatic N) is 1. The Kier molecular flexibility index (Phi) is 3.48. The van der Waals surface area contributed by atoms with Crippen molar-refractivity contribution in [3.05, 3.63) is 59.7 Å². The van der Waals surface area contributed by atoms with E-state index in [4.69, 9.17) is 19.5 Å². The van der Waals surface area contributed by atoms with Crippen molar-refractivity contribution in [3.63, 3.8) is 0 Å². The Morgan fingerprint density at radius 3 is 2.76 bits per heavy atom. The molecule has 4 nitrogen and oxygen atoms in total. The number of benzene rings is 2. The second-order valence-corrected chi connectivity index (χ2v) is 4.49. The maximum Gasteiger partial charge on any atom is 0.231 e. The summed E-state index contributed by atoms with van der Waals surface area (Å²) < 4.78 is 15.9. The van der Waals surface area contributed by atoms with Crippen molar-refractivity contribution in [1.82, 2.24) is 0 Å².